The molecule has 2 heteroatoms. The third kappa shape index (κ3) is 2.53. The highest BCUT2D eigenvalue weighted by Crippen LogP contribution is 2.52. The van der Waals surface area contributed by atoms with Crippen molar-refractivity contribution in [2.75, 3.05) is 32.7 Å². The van der Waals surface area contributed by atoms with Crippen LogP contribution < -0.4 is 5.32 Å². The summed E-state index contributed by atoms with van der Waals surface area (Å²) >= 11 is 0. The normalized spacial score (nSPS) is 31.1. The van der Waals surface area contributed by atoms with Gasteiger partial charge in [-0.05, 0) is 37.0 Å². The molecule has 0 unspecified atom stereocenters. The number of nitrogens with one attached hydrogen (secondary N) is 1. The van der Waals surface area contributed by atoms with E-state index in [4.69, 9.17) is 0 Å². The van der Waals surface area contributed by atoms with Crippen molar-refractivity contribution in [3.8, 4) is 0 Å². The molecule has 2 aliphatic carbocycles. The Bertz CT molecular complexity index is 235. The van der Waals surface area contributed by atoms with Gasteiger partial charge in [0.1, 0.15) is 0 Å². The van der Waals surface area contributed by atoms with Crippen molar-refractivity contribution in [1.82, 2.24) is 10.2 Å². The Kier molecular flexibility index (Phi) is 3.72. The molecule has 1 N–H and O–H groups in total. The Morgan fingerprint density at radius 1 is 0.941 bits per heavy atom. The smallest absolute Gasteiger partial charge is 0.0108 e. The van der Waals surface area contributed by atoms with Crippen LogP contribution in [0.4, 0.5) is 0 Å². The average Bonchev–Trinajstić information content (AvgIpc) is 2.36. The summed E-state index contributed by atoms with van der Waals surface area (Å²) in [6.45, 7) is 6.41. The van der Waals surface area contributed by atoms with Gasteiger partial charge in [-0.3, -0.25) is 0 Å². The fraction of sp³-hybridized carbons (Fsp3) is 1.00. The van der Waals surface area contributed by atoms with Gasteiger partial charge in [0, 0.05) is 32.7 Å². The van der Waals surface area contributed by atoms with E-state index in [2.05, 4.69) is 10.2 Å². The molecule has 3 aliphatic rings. The minimum Gasteiger partial charge on any atom is -0.314 e. The molecule has 0 radical (unpaired) electrons. The van der Waals surface area contributed by atoms with E-state index in [9.17, 15) is 0 Å². The molecule has 0 bridgehead atoms. The van der Waals surface area contributed by atoms with Crippen LogP contribution in [0.15, 0.2) is 0 Å². The van der Waals surface area contributed by atoms with Crippen LogP contribution in [0.2, 0.25) is 0 Å². The van der Waals surface area contributed by atoms with Gasteiger partial charge in [0.15, 0.2) is 0 Å². The molecule has 98 valence electrons. The maximum absolute atomic E-state index is 3.47. The second-order valence-corrected chi connectivity index (χ2v) is 6.58. The first kappa shape index (κ1) is 12.0. The van der Waals surface area contributed by atoms with E-state index in [1.807, 2.05) is 0 Å². The fourth-order valence-corrected chi connectivity index (χ4v) is 4.36. The molecule has 1 aliphatic heterocycles. The molecule has 2 saturated carbocycles. The van der Waals surface area contributed by atoms with E-state index < -0.39 is 0 Å². The van der Waals surface area contributed by atoms with Crippen LogP contribution in [0.5, 0.6) is 0 Å². The van der Waals surface area contributed by atoms with Crippen LogP contribution in [-0.4, -0.2) is 37.6 Å². The minimum atomic E-state index is 0.748. The molecule has 0 aromatic rings. The number of hydrogen-bond acceptors (Lipinski definition) is 2. The van der Waals surface area contributed by atoms with E-state index in [0.717, 1.165) is 11.3 Å². The lowest BCUT2D eigenvalue weighted by Gasteiger charge is -2.52. The molecule has 0 aromatic heterocycles. The lowest BCUT2D eigenvalue weighted by Crippen LogP contribution is -2.52. The Hall–Kier alpha value is -0.0800. The predicted molar refractivity (Wildman–Crippen MR) is 72.2 cm³/mol. The number of piperazine rings is 1. The molecule has 3 fully saturated rings. The van der Waals surface area contributed by atoms with Crippen molar-refractivity contribution >= 4 is 0 Å². The van der Waals surface area contributed by atoms with Gasteiger partial charge in [-0.25, -0.2) is 0 Å². The molecule has 3 rings (SSSR count). The van der Waals surface area contributed by atoms with Crippen molar-refractivity contribution in [3.63, 3.8) is 0 Å². The van der Waals surface area contributed by atoms with Crippen LogP contribution in [0, 0.1) is 11.3 Å². The van der Waals surface area contributed by atoms with Crippen molar-refractivity contribution in [2.24, 2.45) is 11.3 Å². The van der Waals surface area contributed by atoms with Crippen LogP contribution in [-0.2, 0) is 0 Å². The highest BCUT2D eigenvalue weighted by molar-refractivity contribution is 4.96. The summed E-state index contributed by atoms with van der Waals surface area (Å²) in [6, 6.07) is 0. The van der Waals surface area contributed by atoms with Crippen LogP contribution in [0.25, 0.3) is 0 Å². The van der Waals surface area contributed by atoms with Crippen molar-refractivity contribution in [1.29, 1.82) is 0 Å². The molecule has 0 atom stereocenters. The summed E-state index contributed by atoms with van der Waals surface area (Å²) in [6.07, 6.45) is 12.1. The maximum Gasteiger partial charge on any atom is 0.0108 e. The number of nitrogens with zero attached hydrogens (tertiary/aromatic N) is 1. The standard InChI is InChI=1S/C15H28N2/c1-2-5-14(6-3-1)15(7-4-8-15)13-17-11-9-16-10-12-17/h14,16H,1-13H2. The summed E-state index contributed by atoms with van der Waals surface area (Å²) in [4.78, 5) is 2.74. The summed E-state index contributed by atoms with van der Waals surface area (Å²) < 4.78 is 0. The van der Waals surface area contributed by atoms with Crippen LogP contribution in [0.3, 0.4) is 0 Å². The van der Waals surface area contributed by atoms with E-state index >= 15 is 0 Å². The van der Waals surface area contributed by atoms with Crippen molar-refractivity contribution < 1.29 is 0 Å². The van der Waals surface area contributed by atoms with E-state index in [-0.39, 0.29) is 0 Å². The van der Waals surface area contributed by atoms with E-state index in [1.165, 1.54) is 84.1 Å². The number of hydrogen-bond donors (Lipinski definition) is 1. The molecule has 17 heavy (non-hydrogen) atoms. The van der Waals surface area contributed by atoms with E-state index in [1.54, 1.807) is 0 Å². The minimum absolute atomic E-state index is 0.748. The Morgan fingerprint density at radius 3 is 2.24 bits per heavy atom. The van der Waals surface area contributed by atoms with Gasteiger partial charge in [0.05, 0.1) is 0 Å². The highest BCUT2D eigenvalue weighted by atomic mass is 15.2. The summed E-state index contributed by atoms with van der Waals surface area (Å²) in [5.74, 6) is 1.07. The lowest BCUT2D eigenvalue weighted by molar-refractivity contribution is -0.0133. The summed E-state index contributed by atoms with van der Waals surface area (Å²) in [5, 5.41) is 3.47. The molecule has 1 saturated heterocycles. The first-order chi connectivity index (χ1) is 8.39. The second kappa shape index (κ2) is 5.27. The van der Waals surface area contributed by atoms with Gasteiger partial charge < -0.3 is 10.2 Å². The molecule has 1 heterocycles. The van der Waals surface area contributed by atoms with Crippen LogP contribution >= 0.6 is 0 Å². The van der Waals surface area contributed by atoms with E-state index in [0.29, 0.717) is 0 Å². The summed E-state index contributed by atoms with van der Waals surface area (Å²) in [5.41, 5.74) is 0.748. The van der Waals surface area contributed by atoms with Crippen molar-refractivity contribution in [3.05, 3.63) is 0 Å². The van der Waals surface area contributed by atoms with Gasteiger partial charge >= 0.3 is 0 Å². The van der Waals surface area contributed by atoms with Crippen LogP contribution in [0.1, 0.15) is 51.4 Å². The second-order valence-electron chi connectivity index (χ2n) is 6.58. The van der Waals surface area contributed by atoms with Gasteiger partial charge in [-0.1, -0.05) is 25.7 Å². The lowest BCUT2D eigenvalue weighted by atomic mass is 9.57. The quantitative estimate of drug-likeness (QED) is 0.810. The Balaban J connectivity index is 1.60. The zero-order chi connectivity index (χ0) is 11.6. The topological polar surface area (TPSA) is 15.3 Å². The first-order valence-corrected chi connectivity index (χ1v) is 7.82. The molecule has 2 nitrogen and oxygen atoms in total. The first-order valence-electron chi connectivity index (χ1n) is 7.82. The maximum atomic E-state index is 3.47. The van der Waals surface area contributed by atoms with Gasteiger partial charge in [-0.15, -0.1) is 0 Å². The fourth-order valence-electron chi connectivity index (χ4n) is 4.36. The third-order valence-corrected chi connectivity index (χ3v) is 5.57. The molecular formula is C15H28N2. The zero-order valence-electron chi connectivity index (χ0n) is 11.2. The largest absolute Gasteiger partial charge is 0.314 e. The zero-order valence-corrected chi connectivity index (χ0v) is 11.2. The number of rotatable bonds is 3. The molecule has 0 spiro atoms. The molecular weight excluding hydrogens is 208 g/mol. The average molecular weight is 236 g/mol. The SMILES string of the molecule is C1CCC(C2(CN3CCNCC3)CCC2)CC1. The molecule has 0 amide bonds. The van der Waals surface area contributed by atoms with Gasteiger partial charge in [0.25, 0.3) is 0 Å². The van der Waals surface area contributed by atoms with Gasteiger partial charge in [0.2, 0.25) is 0 Å². The highest BCUT2D eigenvalue weighted by Gasteiger charge is 2.44. The summed E-state index contributed by atoms with van der Waals surface area (Å²) in [7, 11) is 0. The predicted octanol–water partition coefficient (Wildman–Crippen LogP) is 2.64. The Morgan fingerprint density at radius 2 is 1.65 bits per heavy atom. The third-order valence-electron chi connectivity index (χ3n) is 5.57. The molecule has 0 aromatic carbocycles. The Labute approximate surface area is 106 Å². The monoisotopic (exact) mass is 236 g/mol. The van der Waals surface area contributed by atoms with Gasteiger partial charge in [-0.2, -0.15) is 0 Å². The van der Waals surface area contributed by atoms with Crippen molar-refractivity contribution in [2.45, 2.75) is 51.4 Å².